The molecule has 0 aliphatic rings. The molecule has 0 saturated heterocycles. The van der Waals surface area contributed by atoms with Crippen molar-refractivity contribution in [1.82, 2.24) is 4.90 Å². The number of aromatic hydroxyl groups is 1. The first-order valence-electron chi connectivity index (χ1n) is 5.97. The molecule has 0 fully saturated rings. The lowest BCUT2D eigenvalue weighted by molar-refractivity contribution is 0.381. The fourth-order valence-electron chi connectivity index (χ4n) is 1.78. The Morgan fingerprint density at radius 3 is 2.22 bits per heavy atom. The predicted molar refractivity (Wildman–Crippen MR) is 76.5 cm³/mol. The molecule has 0 aromatic heterocycles. The zero-order valence-corrected chi connectivity index (χ0v) is 12.9. The fraction of sp³-hybridized carbons (Fsp3) is 0.571. The second-order valence-electron chi connectivity index (χ2n) is 5.92. The first kappa shape index (κ1) is 15.2. The van der Waals surface area contributed by atoms with E-state index in [1.807, 2.05) is 31.1 Å². The summed E-state index contributed by atoms with van der Waals surface area (Å²) in [7, 11) is 2.72. The number of hydrogen-bond donors (Lipinski definition) is 1. The van der Waals surface area contributed by atoms with Crippen LogP contribution in [0.5, 0.6) is 5.75 Å². The number of phenolic OH excluding ortho intramolecular Hbond substituents is 1. The molecule has 1 N–H and O–H groups in total. The molecule has 1 atom stereocenters. The molecule has 4 heteroatoms. The highest BCUT2D eigenvalue weighted by atomic mass is 32.2. The second-order valence-corrected chi connectivity index (χ2v) is 7.27. The number of benzene rings is 1. The third kappa shape index (κ3) is 3.56. The molecule has 0 saturated carbocycles. The van der Waals surface area contributed by atoms with Crippen molar-refractivity contribution in [3.8, 4) is 5.75 Å². The highest BCUT2D eigenvalue weighted by Gasteiger charge is 2.20. The highest BCUT2D eigenvalue weighted by molar-refractivity contribution is 7.84. The molecule has 0 aliphatic heterocycles. The fourth-order valence-corrected chi connectivity index (χ4v) is 2.48. The van der Waals surface area contributed by atoms with Crippen molar-refractivity contribution in [2.24, 2.45) is 0 Å². The van der Waals surface area contributed by atoms with Gasteiger partial charge in [-0.25, -0.2) is 0 Å². The van der Waals surface area contributed by atoms with E-state index >= 15 is 0 Å². The van der Waals surface area contributed by atoms with Gasteiger partial charge >= 0.3 is 0 Å². The Hall–Kier alpha value is -0.870. The van der Waals surface area contributed by atoms with Crippen molar-refractivity contribution < 1.29 is 9.32 Å². The monoisotopic (exact) mass is 269 g/mol. The van der Waals surface area contributed by atoms with E-state index in [4.69, 9.17) is 0 Å². The third-order valence-electron chi connectivity index (χ3n) is 2.82. The maximum Gasteiger partial charge on any atom is 0.136 e. The molecule has 1 unspecified atom stereocenters. The molecular formula is C14H23NO2S. The van der Waals surface area contributed by atoms with Crippen LogP contribution >= 0.6 is 0 Å². The Morgan fingerprint density at radius 2 is 1.83 bits per heavy atom. The Balaban J connectivity index is 3.42. The van der Waals surface area contributed by atoms with Crippen LogP contribution in [0, 0.1) is 0 Å². The van der Waals surface area contributed by atoms with E-state index < -0.39 is 10.8 Å². The number of nitrogens with zero attached hydrogens (tertiary/aromatic N) is 1. The molecule has 3 nitrogen and oxygen atoms in total. The van der Waals surface area contributed by atoms with Crippen molar-refractivity contribution in [2.75, 3.05) is 20.4 Å². The summed E-state index contributed by atoms with van der Waals surface area (Å²) in [5.41, 5.74) is 1.91. The summed E-state index contributed by atoms with van der Waals surface area (Å²) in [4.78, 5) is 2.52. The Kier molecular flexibility index (Phi) is 4.56. The van der Waals surface area contributed by atoms with E-state index in [2.05, 4.69) is 20.8 Å². The van der Waals surface area contributed by atoms with Gasteiger partial charge in [-0.2, -0.15) is 0 Å². The summed E-state index contributed by atoms with van der Waals surface area (Å²) >= 11 is 0. The van der Waals surface area contributed by atoms with Gasteiger partial charge in [0.05, 0.1) is 15.7 Å². The van der Waals surface area contributed by atoms with Crippen molar-refractivity contribution in [3.05, 3.63) is 23.3 Å². The van der Waals surface area contributed by atoms with E-state index in [1.165, 1.54) is 0 Å². The van der Waals surface area contributed by atoms with Crippen LogP contribution in [-0.4, -0.2) is 34.6 Å². The Bertz CT molecular complexity index is 462. The molecule has 0 aliphatic carbocycles. The minimum absolute atomic E-state index is 0.0249. The van der Waals surface area contributed by atoms with Crippen molar-refractivity contribution in [3.63, 3.8) is 0 Å². The van der Waals surface area contributed by atoms with Gasteiger partial charge in [0.2, 0.25) is 0 Å². The SMILES string of the molecule is CN(C)Cc1cc(C(C)(C)C)cc(S(C)=O)c1O. The minimum atomic E-state index is -1.18. The van der Waals surface area contributed by atoms with E-state index in [9.17, 15) is 9.32 Å². The van der Waals surface area contributed by atoms with E-state index in [-0.39, 0.29) is 11.2 Å². The summed E-state index contributed by atoms with van der Waals surface area (Å²) < 4.78 is 11.7. The molecule has 0 heterocycles. The molecule has 102 valence electrons. The topological polar surface area (TPSA) is 40.5 Å². The molecule has 0 amide bonds. The summed E-state index contributed by atoms with van der Waals surface area (Å²) in [5.74, 6) is 0.164. The van der Waals surface area contributed by atoms with E-state index in [0.29, 0.717) is 11.4 Å². The molecular weight excluding hydrogens is 246 g/mol. The van der Waals surface area contributed by atoms with Gasteiger partial charge in [-0.1, -0.05) is 26.8 Å². The Labute approximate surface area is 112 Å². The lowest BCUT2D eigenvalue weighted by Crippen LogP contribution is -2.15. The molecule has 0 spiro atoms. The first-order chi connectivity index (χ1) is 8.12. The molecule has 1 aromatic carbocycles. The van der Waals surface area contributed by atoms with Crippen LogP contribution in [0.15, 0.2) is 17.0 Å². The normalized spacial score (nSPS) is 13.9. The maximum atomic E-state index is 11.7. The Morgan fingerprint density at radius 1 is 1.28 bits per heavy atom. The van der Waals surface area contributed by atoms with Crippen molar-refractivity contribution >= 4 is 10.8 Å². The number of hydrogen-bond acceptors (Lipinski definition) is 3. The predicted octanol–water partition coefficient (Wildman–Crippen LogP) is 2.49. The standard InChI is InChI=1S/C14H23NO2S/c1-14(2,3)11-7-10(9-15(4)5)13(16)12(8-11)18(6)17/h7-8,16H,9H2,1-6H3. The molecule has 18 heavy (non-hydrogen) atoms. The maximum absolute atomic E-state index is 11.7. The first-order valence-corrected chi connectivity index (χ1v) is 7.53. The van der Waals surface area contributed by atoms with Crippen LogP contribution in [0.25, 0.3) is 0 Å². The lowest BCUT2D eigenvalue weighted by atomic mass is 9.86. The lowest BCUT2D eigenvalue weighted by Gasteiger charge is -2.23. The van der Waals surface area contributed by atoms with Crippen LogP contribution in [-0.2, 0) is 22.8 Å². The van der Waals surface area contributed by atoms with Gasteiger partial charge in [0.1, 0.15) is 5.75 Å². The third-order valence-corrected chi connectivity index (χ3v) is 3.75. The summed E-state index contributed by atoms with van der Waals surface area (Å²) in [5, 5.41) is 10.2. The van der Waals surface area contributed by atoms with Gasteiger partial charge in [-0.05, 0) is 31.1 Å². The molecule has 1 aromatic rings. The molecule has 0 bridgehead atoms. The van der Waals surface area contributed by atoms with Crippen LogP contribution in [0.4, 0.5) is 0 Å². The van der Waals surface area contributed by atoms with Gasteiger partial charge in [0, 0.05) is 18.4 Å². The van der Waals surface area contributed by atoms with Crippen LogP contribution < -0.4 is 0 Å². The van der Waals surface area contributed by atoms with Crippen molar-refractivity contribution in [2.45, 2.75) is 37.6 Å². The largest absolute Gasteiger partial charge is 0.506 e. The number of rotatable bonds is 3. The zero-order chi connectivity index (χ0) is 14.1. The van der Waals surface area contributed by atoms with Gasteiger partial charge in [0.25, 0.3) is 0 Å². The van der Waals surface area contributed by atoms with E-state index in [0.717, 1.165) is 11.1 Å². The van der Waals surface area contributed by atoms with Crippen LogP contribution in [0.2, 0.25) is 0 Å². The number of phenols is 1. The zero-order valence-electron chi connectivity index (χ0n) is 12.1. The van der Waals surface area contributed by atoms with Gasteiger partial charge < -0.3 is 10.0 Å². The minimum Gasteiger partial charge on any atom is -0.506 e. The van der Waals surface area contributed by atoms with E-state index in [1.54, 1.807) is 6.26 Å². The van der Waals surface area contributed by atoms with Crippen LogP contribution in [0.1, 0.15) is 31.9 Å². The molecule has 0 radical (unpaired) electrons. The average molecular weight is 269 g/mol. The smallest absolute Gasteiger partial charge is 0.136 e. The summed E-state index contributed by atoms with van der Waals surface area (Å²) in [6.45, 7) is 6.98. The quantitative estimate of drug-likeness (QED) is 0.916. The second kappa shape index (κ2) is 5.41. The molecule has 1 rings (SSSR count). The highest BCUT2D eigenvalue weighted by Crippen LogP contribution is 2.33. The van der Waals surface area contributed by atoms with Gasteiger partial charge in [-0.15, -0.1) is 0 Å². The summed E-state index contributed by atoms with van der Waals surface area (Å²) in [6, 6.07) is 3.86. The van der Waals surface area contributed by atoms with Gasteiger partial charge in [0.15, 0.2) is 0 Å². The average Bonchev–Trinajstić information content (AvgIpc) is 2.18. The van der Waals surface area contributed by atoms with Crippen molar-refractivity contribution in [1.29, 1.82) is 0 Å². The van der Waals surface area contributed by atoms with Gasteiger partial charge in [-0.3, -0.25) is 4.21 Å². The van der Waals surface area contributed by atoms with Crippen LogP contribution in [0.3, 0.4) is 0 Å². The summed E-state index contributed by atoms with van der Waals surface area (Å²) in [6.07, 6.45) is 1.60.